The number of hydrogen-bond donors (Lipinski definition) is 1. The molecule has 0 aliphatic rings. The number of benzene rings is 1. The molecule has 1 aromatic rings. The topological polar surface area (TPSA) is 46.5 Å². The van der Waals surface area contributed by atoms with Gasteiger partial charge in [-0.2, -0.15) is 0 Å². The maximum absolute atomic E-state index is 10.0. The van der Waals surface area contributed by atoms with Crippen molar-refractivity contribution in [2.45, 2.75) is 13.8 Å². The lowest BCUT2D eigenvalue weighted by molar-refractivity contribution is -0.120. The van der Waals surface area contributed by atoms with Gasteiger partial charge in [0, 0.05) is 5.56 Å². The Morgan fingerprint density at radius 1 is 1.42 bits per heavy atom. The number of carbonyl (C=O) groups is 1. The second kappa shape index (κ2) is 3.26. The van der Waals surface area contributed by atoms with Gasteiger partial charge in [-0.3, -0.25) is 4.79 Å². The predicted molar refractivity (Wildman–Crippen MR) is 44.3 cm³/mol. The van der Waals surface area contributed by atoms with E-state index < -0.39 is 0 Å². The van der Waals surface area contributed by atoms with Crippen LogP contribution in [0, 0.1) is 13.8 Å². The monoisotopic (exact) mass is 166 g/mol. The van der Waals surface area contributed by atoms with Gasteiger partial charge in [0.1, 0.15) is 11.5 Å². The summed E-state index contributed by atoms with van der Waals surface area (Å²) >= 11 is 0. The molecule has 0 amide bonds. The average molecular weight is 166 g/mol. The zero-order valence-electron chi connectivity index (χ0n) is 7.00. The highest BCUT2D eigenvalue weighted by Gasteiger charge is 2.04. The third-order valence-electron chi connectivity index (χ3n) is 1.65. The molecule has 3 nitrogen and oxygen atoms in total. The molecule has 0 aliphatic heterocycles. The molecule has 0 saturated heterocycles. The summed E-state index contributed by atoms with van der Waals surface area (Å²) in [5, 5.41) is 9.31. The van der Waals surface area contributed by atoms with Crippen LogP contribution in [0.2, 0.25) is 0 Å². The first-order valence-corrected chi connectivity index (χ1v) is 3.55. The largest absolute Gasteiger partial charge is 0.508 e. The molecule has 0 aliphatic carbocycles. The number of rotatable bonds is 2. The smallest absolute Gasteiger partial charge is 0.298 e. The van der Waals surface area contributed by atoms with Crippen molar-refractivity contribution in [3.05, 3.63) is 23.3 Å². The summed E-state index contributed by atoms with van der Waals surface area (Å²) in [7, 11) is 0. The van der Waals surface area contributed by atoms with E-state index >= 15 is 0 Å². The van der Waals surface area contributed by atoms with Crippen LogP contribution in [-0.2, 0) is 4.79 Å². The highest BCUT2D eigenvalue weighted by atomic mass is 16.5. The van der Waals surface area contributed by atoms with E-state index in [9.17, 15) is 9.90 Å². The van der Waals surface area contributed by atoms with Crippen LogP contribution in [0.4, 0.5) is 0 Å². The van der Waals surface area contributed by atoms with Crippen molar-refractivity contribution < 1.29 is 14.6 Å². The lowest BCUT2D eigenvalue weighted by atomic mass is 10.1. The van der Waals surface area contributed by atoms with Gasteiger partial charge in [-0.05, 0) is 31.5 Å². The van der Waals surface area contributed by atoms with Crippen LogP contribution >= 0.6 is 0 Å². The first kappa shape index (κ1) is 8.59. The third-order valence-corrected chi connectivity index (χ3v) is 1.65. The molecule has 64 valence electrons. The minimum absolute atomic E-state index is 0.145. The summed E-state index contributed by atoms with van der Waals surface area (Å²) in [5.74, 6) is 0.550. The van der Waals surface area contributed by atoms with E-state index in [1.807, 2.05) is 6.92 Å². The molecular formula is C9H10O3. The van der Waals surface area contributed by atoms with E-state index in [0.717, 1.165) is 5.56 Å². The summed E-state index contributed by atoms with van der Waals surface area (Å²) in [6, 6.07) is 3.32. The fraction of sp³-hybridized carbons (Fsp3) is 0.222. The highest BCUT2D eigenvalue weighted by molar-refractivity contribution is 5.52. The summed E-state index contributed by atoms with van der Waals surface area (Å²) in [4.78, 5) is 10.0. The molecule has 0 fully saturated rings. The quantitative estimate of drug-likeness (QED) is 0.678. The minimum atomic E-state index is 0.145. The molecule has 3 heteroatoms. The molecule has 0 spiro atoms. The zero-order valence-corrected chi connectivity index (χ0v) is 7.00. The molecule has 0 radical (unpaired) electrons. The van der Waals surface area contributed by atoms with E-state index in [1.165, 1.54) is 0 Å². The van der Waals surface area contributed by atoms with E-state index in [4.69, 9.17) is 0 Å². The number of aromatic hydroxyl groups is 1. The molecule has 1 rings (SSSR count). The Morgan fingerprint density at radius 2 is 2.08 bits per heavy atom. The van der Waals surface area contributed by atoms with Crippen LogP contribution in [0.3, 0.4) is 0 Å². The Hall–Kier alpha value is -1.51. The van der Waals surface area contributed by atoms with Gasteiger partial charge in [-0.1, -0.05) is 0 Å². The number of phenolic OH excluding ortho intramolecular Hbond substituents is 1. The molecular weight excluding hydrogens is 156 g/mol. The minimum Gasteiger partial charge on any atom is -0.508 e. The number of hydrogen-bond acceptors (Lipinski definition) is 3. The Balaban J connectivity index is 3.17. The first-order chi connectivity index (χ1) is 5.65. The molecule has 0 atom stereocenters. The Kier molecular flexibility index (Phi) is 2.33. The van der Waals surface area contributed by atoms with Gasteiger partial charge in [-0.25, -0.2) is 0 Å². The zero-order chi connectivity index (χ0) is 9.14. The van der Waals surface area contributed by atoms with Crippen LogP contribution < -0.4 is 4.74 Å². The van der Waals surface area contributed by atoms with Crippen molar-refractivity contribution in [3.8, 4) is 11.5 Å². The molecule has 0 aromatic heterocycles. The second-order valence-electron chi connectivity index (χ2n) is 2.62. The number of phenols is 1. The van der Waals surface area contributed by atoms with E-state index in [0.29, 0.717) is 17.8 Å². The highest BCUT2D eigenvalue weighted by Crippen LogP contribution is 2.27. The van der Waals surface area contributed by atoms with Gasteiger partial charge < -0.3 is 9.84 Å². The summed E-state index contributed by atoms with van der Waals surface area (Å²) in [6.45, 7) is 3.85. The molecule has 0 heterocycles. The van der Waals surface area contributed by atoms with Crippen LogP contribution in [0.25, 0.3) is 0 Å². The van der Waals surface area contributed by atoms with Crippen molar-refractivity contribution in [1.82, 2.24) is 0 Å². The van der Waals surface area contributed by atoms with Gasteiger partial charge in [-0.15, -0.1) is 0 Å². The molecule has 0 unspecified atom stereocenters. The fourth-order valence-electron chi connectivity index (χ4n) is 0.981. The third kappa shape index (κ3) is 1.56. The van der Waals surface area contributed by atoms with Gasteiger partial charge in [0.05, 0.1) is 0 Å². The van der Waals surface area contributed by atoms with E-state index in [1.54, 1.807) is 19.1 Å². The lowest BCUT2D eigenvalue weighted by Crippen LogP contribution is -1.92. The molecule has 1 N–H and O–H groups in total. The molecule has 0 bridgehead atoms. The van der Waals surface area contributed by atoms with Crippen molar-refractivity contribution in [2.75, 3.05) is 0 Å². The first-order valence-electron chi connectivity index (χ1n) is 3.55. The van der Waals surface area contributed by atoms with Crippen LogP contribution in [0.5, 0.6) is 11.5 Å². The standard InChI is InChI=1S/C9H10O3/c1-6-3-8(11)7(2)9(4-6)12-5-10/h3-5,11H,1-2H3. The Labute approximate surface area is 70.6 Å². The summed E-state index contributed by atoms with van der Waals surface area (Å²) in [6.07, 6.45) is 0. The maximum atomic E-state index is 10.0. The average Bonchev–Trinajstić information content (AvgIpc) is 2.00. The summed E-state index contributed by atoms with van der Waals surface area (Å²) < 4.78 is 4.66. The maximum Gasteiger partial charge on any atom is 0.298 e. The fourth-order valence-corrected chi connectivity index (χ4v) is 0.981. The van der Waals surface area contributed by atoms with Crippen molar-refractivity contribution in [2.24, 2.45) is 0 Å². The van der Waals surface area contributed by atoms with E-state index in [-0.39, 0.29) is 5.75 Å². The van der Waals surface area contributed by atoms with Crippen LogP contribution in [0.1, 0.15) is 11.1 Å². The number of aryl methyl sites for hydroxylation is 1. The van der Waals surface area contributed by atoms with Gasteiger partial charge in [0.15, 0.2) is 0 Å². The lowest BCUT2D eigenvalue weighted by Gasteiger charge is -2.05. The Bertz CT molecular complexity index is 305. The van der Waals surface area contributed by atoms with Crippen molar-refractivity contribution in [3.63, 3.8) is 0 Å². The normalized spacial score (nSPS) is 9.50. The number of carbonyl (C=O) groups excluding carboxylic acids is 1. The SMILES string of the molecule is Cc1cc(O)c(C)c(OC=O)c1. The summed E-state index contributed by atoms with van der Waals surface area (Å²) in [5.41, 5.74) is 1.43. The van der Waals surface area contributed by atoms with Gasteiger partial charge >= 0.3 is 0 Å². The molecule has 0 saturated carbocycles. The molecule has 1 aromatic carbocycles. The molecule has 12 heavy (non-hydrogen) atoms. The predicted octanol–water partition coefficient (Wildman–Crippen LogP) is 1.54. The van der Waals surface area contributed by atoms with Crippen molar-refractivity contribution >= 4 is 6.47 Å². The Morgan fingerprint density at radius 3 is 2.67 bits per heavy atom. The van der Waals surface area contributed by atoms with Crippen molar-refractivity contribution in [1.29, 1.82) is 0 Å². The van der Waals surface area contributed by atoms with E-state index in [2.05, 4.69) is 4.74 Å². The van der Waals surface area contributed by atoms with Crippen LogP contribution in [-0.4, -0.2) is 11.6 Å². The van der Waals surface area contributed by atoms with Crippen LogP contribution in [0.15, 0.2) is 12.1 Å². The second-order valence-corrected chi connectivity index (χ2v) is 2.62. The van der Waals surface area contributed by atoms with Gasteiger partial charge in [0.25, 0.3) is 6.47 Å². The number of ether oxygens (including phenoxy) is 1. The van der Waals surface area contributed by atoms with Gasteiger partial charge in [0.2, 0.25) is 0 Å².